The molecule has 1 unspecified atom stereocenters. The summed E-state index contributed by atoms with van der Waals surface area (Å²) < 4.78 is 18.5. The molecule has 1 aliphatic rings. The Morgan fingerprint density at radius 3 is 3.12 bits per heavy atom. The van der Waals surface area contributed by atoms with Crippen LogP contribution in [0.15, 0.2) is 22.6 Å². The Morgan fingerprint density at radius 1 is 1.50 bits per heavy atom. The molecule has 2 heterocycles. The highest BCUT2D eigenvalue weighted by atomic mass is 19.1. The van der Waals surface area contributed by atoms with Gasteiger partial charge in [0.15, 0.2) is 5.58 Å². The van der Waals surface area contributed by atoms with Crippen molar-refractivity contribution in [1.82, 2.24) is 4.98 Å². The van der Waals surface area contributed by atoms with Crippen molar-refractivity contribution in [1.29, 1.82) is 0 Å². The van der Waals surface area contributed by atoms with Crippen LogP contribution in [-0.4, -0.2) is 24.1 Å². The second-order valence-electron chi connectivity index (χ2n) is 4.10. The molecule has 1 aromatic carbocycles. The molecule has 2 aromatic rings. The van der Waals surface area contributed by atoms with Crippen LogP contribution in [0.3, 0.4) is 0 Å². The molecule has 84 valence electrons. The van der Waals surface area contributed by atoms with E-state index >= 15 is 0 Å². The molecule has 1 aliphatic heterocycles. The summed E-state index contributed by atoms with van der Waals surface area (Å²) in [6.07, 6.45) is 0.938. The summed E-state index contributed by atoms with van der Waals surface area (Å²) in [6.45, 7) is 1.59. The predicted octanol–water partition coefficient (Wildman–Crippen LogP) is 1.50. The highest BCUT2D eigenvalue weighted by molar-refractivity contribution is 5.74. The van der Waals surface area contributed by atoms with Gasteiger partial charge in [-0.1, -0.05) is 0 Å². The van der Waals surface area contributed by atoms with Crippen molar-refractivity contribution in [2.45, 2.75) is 12.5 Å². The predicted molar refractivity (Wildman–Crippen MR) is 58.8 cm³/mol. The van der Waals surface area contributed by atoms with Crippen molar-refractivity contribution >= 4 is 17.1 Å². The standard InChI is InChI=1S/C11H12FN3O/c12-7-1-2-9-10(5-7)16-11(14-9)15-4-3-8(13)6-15/h1-2,5,8H,3-4,6,13H2. The molecule has 2 N–H and O–H groups in total. The molecule has 3 rings (SSSR count). The minimum absolute atomic E-state index is 0.173. The fraction of sp³-hybridized carbons (Fsp3) is 0.364. The van der Waals surface area contributed by atoms with Gasteiger partial charge in [0.25, 0.3) is 6.01 Å². The van der Waals surface area contributed by atoms with Crippen molar-refractivity contribution in [2.24, 2.45) is 5.73 Å². The molecule has 4 nitrogen and oxygen atoms in total. The van der Waals surface area contributed by atoms with E-state index in [0.717, 1.165) is 19.5 Å². The summed E-state index contributed by atoms with van der Waals surface area (Å²) in [5.74, 6) is -0.312. The van der Waals surface area contributed by atoms with Gasteiger partial charge in [0.2, 0.25) is 0 Å². The quantitative estimate of drug-likeness (QED) is 0.793. The van der Waals surface area contributed by atoms with Crippen LogP contribution >= 0.6 is 0 Å². The number of fused-ring (bicyclic) bond motifs is 1. The molecule has 0 saturated carbocycles. The fourth-order valence-corrected chi connectivity index (χ4v) is 1.98. The molecule has 1 fully saturated rings. The molecule has 0 aliphatic carbocycles. The van der Waals surface area contributed by atoms with Crippen LogP contribution in [0.2, 0.25) is 0 Å². The third-order valence-corrected chi connectivity index (χ3v) is 2.83. The van der Waals surface area contributed by atoms with Gasteiger partial charge < -0.3 is 15.1 Å². The number of hydrogen-bond donors (Lipinski definition) is 1. The van der Waals surface area contributed by atoms with Gasteiger partial charge in [-0.2, -0.15) is 4.98 Å². The lowest BCUT2D eigenvalue weighted by Crippen LogP contribution is -2.26. The summed E-state index contributed by atoms with van der Waals surface area (Å²) >= 11 is 0. The van der Waals surface area contributed by atoms with Gasteiger partial charge in [-0.15, -0.1) is 0 Å². The van der Waals surface area contributed by atoms with E-state index in [9.17, 15) is 4.39 Å². The van der Waals surface area contributed by atoms with Crippen LogP contribution in [-0.2, 0) is 0 Å². The second-order valence-corrected chi connectivity index (χ2v) is 4.10. The van der Waals surface area contributed by atoms with E-state index in [1.807, 2.05) is 4.90 Å². The van der Waals surface area contributed by atoms with Crippen LogP contribution in [0, 0.1) is 5.82 Å². The minimum Gasteiger partial charge on any atom is -0.423 e. The van der Waals surface area contributed by atoms with E-state index < -0.39 is 0 Å². The molecular weight excluding hydrogens is 209 g/mol. The SMILES string of the molecule is NC1CCN(c2nc3ccc(F)cc3o2)C1. The molecule has 1 saturated heterocycles. The smallest absolute Gasteiger partial charge is 0.298 e. The molecule has 0 spiro atoms. The molecule has 5 heteroatoms. The number of aromatic nitrogens is 1. The maximum Gasteiger partial charge on any atom is 0.298 e. The zero-order valence-corrected chi connectivity index (χ0v) is 8.69. The third-order valence-electron chi connectivity index (χ3n) is 2.83. The Bertz CT molecular complexity index is 525. The number of benzene rings is 1. The van der Waals surface area contributed by atoms with Crippen molar-refractivity contribution < 1.29 is 8.81 Å². The van der Waals surface area contributed by atoms with Crippen LogP contribution in [0.5, 0.6) is 0 Å². The van der Waals surface area contributed by atoms with E-state index in [1.54, 1.807) is 6.07 Å². The Morgan fingerprint density at radius 2 is 2.38 bits per heavy atom. The van der Waals surface area contributed by atoms with Crippen LogP contribution in [0.25, 0.3) is 11.1 Å². The van der Waals surface area contributed by atoms with Gasteiger partial charge in [-0.25, -0.2) is 4.39 Å². The van der Waals surface area contributed by atoms with Crippen molar-refractivity contribution in [2.75, 3.05) is 18.0 Å². The van der Waals surface area contributed by atoms with E-state index in [2.05, 4.69) is 4.98 Å². The van der Waals surface area contributed by atoms with Gasteiger partial charge in [0.05, 0.1) is 0 Å². The van der Waals surface area contributed by atoms with Gasteiger partial charge >= 0.3 is 0 Å². The number of rotatable bonds is 1. The number of oxazole rings is 1. The largest absolute Gasteiger partial charge is 0.423 e. The van der Waals surface area contributed by atoms with Crippen LogP contribution < -0.4 is 10.6 Å². The number of hydrogen-bond acceptors (Lipinski definition) is 4. The van der Waals surface area contributed by atoms with Gasteiger partial charge in [0, 0.05) is 25.2 Å². The number of anilines is 1. The number of halogens is 1. The Balaban J connectivity index is 1.99. The summed E-state index contributed by atoms with van der Waals surface area (Å²) in [5.41, 5.74) is 6.97. The van der Waals surface area contributed by atoms with Crippen LogP contribution in [0.4, 0.5) is 10.4 Å². The number of nitrogens with zero attached hydrogens (tertiary/aromatic N) is 2. The second kappa shape index (κ2) is 3.45. The van der Waals surface area contributed by atoms with E-state index in [0.29, 0.717) is 17.1 Å². The first-order chi connectivity index (χ1) is 7.72. The van der Waals surface area contributed by atoms with Crippen LogP contribution in [0.1, 0.15) is 6.42 Å². The zero-order chi connectivity index (χ0) is 11.1. The van der Waals surface area contributed by atoms with Crippen molar-refractivity contribution in [3.8, 4) is 0 Å². The molecular formula is C11H12FN3O. The van der Waals surface area contributed by atoms with Gasteiger partial charge in [-0.05, 0) is 18.6 Å². The summed E-state index contributed by atoms with van der Waals surface area (Å²) in [5, 5.41) is 0. The highest BCUT2D eigenvalue weighted by Gasteiger charge is 2.23. The topological polar surface area (TPSA) is 55.3 Å². The Hall–Kier alpha value is -1.62. The monoisotopic (exact) mass is 221 g/mol. The van der Waals surface area contributed by atoms with Gasteiger partial charge in [0.1, 0.15) is 11.3 Å². The number of nitrogens with two attached hydrogens (primary N) is 1. The first kappa shape index (κ1) is 9.59. The normalized spacial score (nSPS) is 20.9. The summed E-state index contributed by atoms with van der Waals surface area (Å²) in [4.78, 5) is 6.30. The zero-order valence-electron chi connectivity index (χ0n) is 8.69. The molecule has 16 heavy (non-hydrogen) atoms. The average molecular weight is 221 g/mol. The molecule has 0 amide bonds. The molecule has 1 aromatic heterocycles. The molecule has 0 bridgehead atoms. The maximum absolute atomic E-state index is 13.0. The first-order valence-corrected chi connectivity index (χ1v) is 5.29. The fourth-order valence-electron chi connectivity index (χ4n) is 1.98. The lowest BCUT2D eigenvalue weighted by molar-refractivity contribution is 0.576. The van der Waals surface area contributed by atoms with Crippen molar-refractivity contribution in [3.05, 3.63) is 24.0 Å². The summed E-state index contributed by atoms with van der Waals surface area (Å²) in [6, 6.07) is 5.06. The molecule has 0 radical (unpaired) electrons. The Labute approximate surface area is 91.8 Å². The highest BCUT2D eigenvalue weighted by Crippen LogP contribution is 2.24. The van der Waals surface area contributed by atoms with E-state index in [4.69, 9.17) is 10.2 Å². The third kappa shape index (κ3) is 1.53. The Kier molecular flexibility index (Phi) is 2.07. The van der Waals surface area contributed by atoms with E-state index in [-0.39, 0.29) is 11.9 Å². The first-order valence-electron chi connectivity index (χ1n) is 5.29. The maximum atomic E-state index is 13.0. The van der Waals surface area contributed by atoms with Crippen molar-refractivity contribution in [3.63, 3.8) is 0 Å². The minimum atomic E-state index is -0.312. The molecule has 1 atom stereocenters. The van der Waals surface area contributed by atoms with E-state index in [1.165, 1.54) is 12.1 Å². The van der Waals surface area contributed by atoms with Gasteiger partial charge in [-0.3, -0.25) is 0 Å². The lowest BCUT2D eigenvalue weighted by Gasteiger charge is -2.11. The lowest BCUT2D eigenvalue weighted by atomic mass is 10.3. The average Bonchev–Trinajstić information content (AvgIpc) is 2.83. The summed E-state index contributed by atoms with van der Waals surface area (Å²) in [7, 11) is 0.